The van der Waals surface area contributed by atoms with Crippen LogP contribution in [-0.2, 0) is 0 Å². The first kappa shape index (κ1) is 13.5. The van der Waals surface area contributed by atoms with E-state index in [1.807, 2.05) is 7.05 Å². The van der Waals surface area contributed by atoms with Crippen molar-refractivity contribution >= 4 is 0 Å². The molecule has 1 unspecified atom stereocenters. The standard InChI is InChI=1S/C15H21F2N/c1-10-3-5-11(6-4-10)15(18-2)13-9-12(16)7-8-14(13)17/h7-11,15,18H,3-6H2,1-2H3. The number of halogens is 2. The molecule has 0 aliphatic heterocycles. The minimum absolute atomic E-state index is 0.0757. The highest BCUT2D eigenvalue weighted by molar-refractivity contribution is 5.23. The molecule has 0 spiro atoms. The SMILES string of the molecule is CNC(c1cc(F)ccc1F)C1CCC(C)CC1. The van der Waals surface area contributed by atoms with E-state index in [0.29, 0.717) is 11.5 Å². The zero-order valence-corrected chi connectivity index (χ0v) is 11.0. The fourth-order valence-corrected chi connectivity index (χ4v) is 3.02. The van der Waals surface area contributed by atoms with Gasteiger partial charge >= 0.3 is 0 Å². The van der Waals surface area contributed by atoms with E-state index < -0.39 is 0 Å². The van der Waals surface area contributed by atoms with E-state index in [9.17, 15) is 8.78 Å². The Morgan fingerprint density at radius 2 is 1.83 bits per heavy atom. The van der Waals surface area contributed by atoms with Crippen LogP contribution < -0.4 is 5.32 Å². The summed E-state index contributed by atoms with van der Waals surface area (Å²) in [5, 5.41) is 3.16. The summed E-state index contributed by atoms with van der Waals surface area (Å²) in [4.78, 5) is 0. The normalized spacial score (nSPS) is 26.0. The molecule has 1 N–H and O–H groups in total. The van der Waals surface area contributed by atoms with Crippen molar-refractivity contribution in [1.82, 2.24) is 5.32 Å². The topological polar surface area (TPSA) is 12.0 Å². The smallest absolute Gasteiger partial charge is 0.128 e. The molecule has 1 aromatic rings. The van der Waals surface area contributed by atoms with Crippen molar-refractivity contribution < 1.29 is 8.78 Å². The molecule has 100 valence electrons. The Morgan fingerprint density at radius 1 is 1.17 bits per heavy atom. The van der Waals surface area contributed by atoms with Gasteiger partial charge in [0.1, 0.15) is 11.6 Å². The minimum atomic E-state index is -0.365. The van der Waals surface area contributed by atoms with Crippen LogP contribution in [0.1, 0.15) is 44.2 Å². The number of hydrogen-bond acceptors (Lipinski definition) is 1. The van der Waals surface area contributed by atoms with Crippen molar-refractivity contribution in [2.75, 3.05) is 7.05 Å². The van der Waals surface area contributed by atoms with Crippen molar-refractivity contribution in [3.63, 3.8) is 0 Å². The van der Waals surface area contributed by atoms with Crippen molar-refractivity contribution in [2.24, 2.45) is 11.8 Å². The van der Waals surface area contributed by atoms with Crippen LogP contribution in [0.4, 0.5) is 8.78 Å². The lowest BCUT2D eigenvalue weighted by molar-refractivity contribution is 0.234. The lowest BCUT2D eigenvalue weighted by atomic mass is 9.77. The maximum absolute atomic E-state index is 13.8. The Hall–Kier alpha value is -0.960. The molecule has 0 aromatic heterocycles. The molecule has 0 saturated heterocycles. The molecule has 1 aromatic carbocycles. The lowest BCUT2D eigenvalue weighted by Crippen LogP contribution is -2.29. The number of hydrogen-bond donors (Lipinski definition) is 1. The van der Waals surface area contributed by atoms with Crippen molar-refractivity contribution in [3.8, 4) is 0 Å². The van der Waals surface area contributed by atoms with Gasteiger partial charge in [0.15, 0.2) is 0 Å². The van der Waals surface area contributed by atoms with Gasteiger partial charge in [0.05, 0.1) is 0 Å². The summed E-state index contributed by atoms with van der Waals surface area (Å²) in [5.74, 6) is 0.490. The minimum Gasteiger partial charge on any atom is -0.313 e. The third-order valence-electron chi connectivity index (χ3n) is 4.14. The first-order chi connectivity index (χ1) is 8.61. The van der Waals surface area contributed by atoms with Gasteiger partial charge in [0.2, 0.25) is 0 Å². The van der Waals surface area contributed by atoms with Crippen LogP contribution in [0.25, 0.3) is 0 Å². The molecule has 1 nitrogen and oxygen atoms in total. The van der Waals surface area contributed by atoms with Gasteiger partial charge in [0.25, 0.3) is 0 Å². The van der Waals surface area contributed by atoms with E-state index in [4.69, 9.17) is 0 Å². The monoisotopic (exact) mass is 253 g/mol. The van der Waals surface area contributed by atoms with Crippen LogP contribution in [0.2, 0.25) is 0 Å². The Bertz CT molecular complexity index is 397. The molecule has 1 fully saturated rings. The second-order valence-corrected chi connectivity index (χ2v) is 5.45. The Balaban J connectivity index is 2.19. The van der Waals surface area contributed by atoms with E-state index in [1.54, 1.807) is 0 Å². The largest absolute Gasteiger partial charge is 0.313 e. The van der Waals surface area contributed by atoms with Crippen LogP contribution in [0.3, 0.4) is 0 Å². The van der Waals surface area contributed by atoms with Crippen LogP contribution in [-0.4, -0.2) is 7.05 Å². The van der Waals surface area contributed by atoms with E-state index in [-0.39, 0.29) is 17.7 Å². The molecular weight excluding hydrogens is 232 g/mol. The number of benzene rings is 1. The molecule has 2 rings (SSSR count). The fraction of sp³-hybridized carbons (Fsp3) is 0.600. The van der Waals surface area contributed by atoms with Crippen molar-refractivity contribution in [3.05, 3.63) is 35.4 Å². The molecule has 3 heteroatoms. The summed E-state index contributed by atoms with van der Waals surface area (Å²) in [7, 11) is 1.83. The van der Waals surface area contributed by atoms with Crippen LogP contribution >= 0.6 is 0 Å². The van der Waals surface area contributed by atoms with Crippen LogP contribution in [0.15, 0.2) is 18.2 Å². The number of rotatable bonds is 3. The van der Waals surface area contributed by atoms with Crippen LogP contribution in [0.5, 0.6) is 0 Å². The van der Waals surface area contributed by atoms with Gasteiger partial charge in [-0.2, -0.15) is 0 Å². The average molecular weight is 253 g/mol. The van der Waals surface area contributed by atoms with E-state index in [2.05, 4.69) is 12.2 Å². The number of nitrogens with one attached hydrogen (secondary N) is 1. The summed E-state index contributed by atoms with van der Waals surface area (Å²) in [5.41, 5.74) is 0.469. The second kappa shape index (κ2) is 5.79. The third kappa shape index (κ3) is 2.89. The summed E-state index contributed by atoms with van der Waals surface area (Å²) in [6.07, 6.45) is 4.53. The predicted molar refractivity (Wildman–Crippen MR) is 69.3 cm³/mol. The first-order valence-electron chi connectivity index (χ1n) is 6.74. The summed E-state index contributed by atoms with van der Waals surface area (Å²) in [6, 6.07) is 3.65. The van der Waals surface area contributed by atoms with E-state index >= 15 is 0 Å². The summed E-state index contributed by atoms with van der Waals surface area (Å²) >= 11 is 0. The third-order valence-corrected chi connectivity index (χ3v) is 4.14. The first-order valence-corrected chi connectivity index (χ1v) is 6.74. The van der Waals surface area contributed by atoms with Gasteiger partial charge in [0, 0.05) is 11.6 Å². The molecule has 1 saturated carbocycles. The van der Waals surface area contributed by atoms with Gasteiger partial charge in [-0.1, -0.05) is 19.8 Å². The molecule has 0 heterocycles. The van der Waals surface area contributed by atoms with Crippen molar-refractivity contribution in [1.29, 1.82) is 0 Å². The van der Waals surface area contributed by atoms with Gasteiger partial charge in [-0.3, -0.25) is 0 Å². The molecule has 0 amide bonds. The molecular formula is C15H21F2N. The molecule has 1 aliphatic rings. The Kier molecular flexibility index (Phi) is 4.33. The average Bonchev–Trinajstić information content (AvgIpc) is 2.37. The molecule has 0 radical (unpaired) electrons. The highest BCUT2D eigenvalue weighted by Crippen LogP contribution is 2.37. The van der Waals surface area contributed by atoms with Crippen LogP contribution in [0, 0.1) is 23.5 Å². The lowest BCUT2D eigenvalue weighted by Gasteiger charge is -2.33. The summed E-state index contributed by atoms with van der Waals surface area (Å²) in [6.45, 7) is 2.26. The Morgan fingerprint density at radius 3 is 2.44 bits per heavy atom. The van der Waals surface area contributed by atoms with Gasteiger partial charge < -0.3 is 5.32 Å². The summed E-state index contributed by atoms with van der Waals surface area (Å²) < 4.78 is 27.1. The molecule has 0 bridgehead atoms. The predicted octanol–water partition coefficient (Wildman–Crippen LogP) is 4.05. The molecule has 1 atom stereocenters. The van der Waals surface area contributed by atoms with Crippen molar-refractivity contribution in [2.45, 2.75) is 38.6 Å². The van der Waals surface area contributed by atoms with Gasteiger partial charge in [-0.15, -0.1) is 0 Å². The van der Waals surface area contributed by atoms with E-state index in [0.717, 1.165) is 18.8 Å². The Labute approximate surface area is 108 Å². The van der Waals surface area contributed by atoms with Gasteiger partial charge in [-0.05, 0) is 49.9 Å². The zero-order chi connectivity index (χ0) is 13.1. The molecule has 18 heavy (non-hydrogen) atoms. The van der Waals surface area contributed by atoms with Gasteiger partial charge in [-0.25, -0.2) is 8.78 Å². The highest BCUT2D eigenvalue weighted by atomic mass is 19.1. The highest BCUT2D eigenvalue weighted by Gasteiger charge is 2.28. The maximum atomic E-state index is 13.8. The second-order valence-electron chi connectivity index (χ2n) is 5.45. The zero-order valence-electron chi connectivity index (χ0n) is 11.0. The fourth-order valence-electron chi connectivity index (χ4n) is 3.02. The quantitative estimate of drug-likeness (QED) is 0.857. The molecule has 1 aliphatic carbocycles. The van der Waals surface area contributed by atoms with E-state index in [1.165, 1.54) is 31.0 Å². The maximum Gasteiger partial charge on any atom is 0.128 e.